The lowest BCUT2D eigenvalue weighted by Gasteiger charge is -2.38. The lowest BCUT2D eigenvalue weighted by molar-refractivity contribution is -0.253. The van der Waals surface area contributed by atoms with Crippen LogP contribution in [0.3, 0.4) is 0 Å². The van der Waals surface area contributed by atoms with Gasteiger partial charge in [-0.15, -0.1) is 0 Å². The fourth-order valence-electron chi connectivity index (χ4n) is 7.07. The molecular weight excluding hydrogens is 677 g/mol. The third-order valence-corrected chi connectivity index (χ3v) is 10.2. The first-order valence-corrected chi connectivity index (χ1v) is 20.7. The summed E-state index contributed by atoms with van der Waals surface area (Å²) in [5.41, 5.74) is 10.4. The van der Waals surface area contributed by atoms with E-state index in [1.807, 2.05) is 60.7 Å². The van der Waals surface area contributed by atoms with Gasteiger partial charge in [0.05, 0.1) is 30.2 Å². The van der Waals surface area contributed by atoms with Crippen molar-refractivity contribution in [1.29, 1.82) is 0 Å². The normalized spacial score (nSPS) is 17.1. The van der Waals surface area contributed by atoms with E-state index < -0.39 is 6.29 Å². The van der Waals surface area contributed by atoms with Crippen LogP contribution in [-0.4, -0.2) is 47.6 Å². The number of para-hydroxylation sites is 2. The number of aliphatic hydroxyl groups excluding tert-OH is 1. The van der Waals surface area contributed by atoms with E-state index in [4.69, 9.17) is 15.2 Å². The topological polar surface area (TPSA) is 126 Å². The van der Waals surface area contributed by atoms with Crippen LogP contribution < -0.4 is 16.4 Å². The summed E-state index contributed by atoms with van der Waals surface area (Å²) in [6.45, 7) is 7.52. The molecule has 0 spiro atoms. The molecule has 1 fully saturated rings. The first kappa shape index (κ1) is 43.0. The predicted octanol–water partition coefficient (Wildman–Crippen LogP) is 10.1. The Balaban J connectivity index is 1.40. The number of amides is 2. The highest BCUT2D eigenvalue weighted by Crippen LogP contribution is 2.39. The molecule has 1 aliphatic rings. The number of unbranched alkanes of at least 4 members (excludes halogenated alkanes) is 10. The van der Waals surface area contributed by atoms with E-state index in [1.54, 1.807) is 12.1 Å². The molecule has 3 aromatic rings. The van der Waals surface area contributed by atoms with Crippen molar-refractivity contribution in [2.75, 3.05) is 36.0 Å². The van der Waals surface area contributed by atoms with Crippen LogP contribution in [0.5, 0.6) is 0 Å². The van der Waals surface area contributed by atoms with Crippen molar-refractivity contribution in [1.82, 2.24) is 4.90 Å². The summed E-state index contributed by atoms with van der Waals surface area (Å²) >= 11 is 0. The fourth-order valence-corrected chi connectivity index (χ4v) is 7.07. The molecule has 0 bridgehead atoms. The molecule has 5 N–H and O–H groups in total. The van der Waals surface area contributed by atoms with Gasteiger partial charge in [-0.2, -0.15) is 0 Å². The van der Waals surface area contributed by atoms with Crippen molar-refractivity contribution in [2.24, 2.45) is 0 Å². The smallest absolute Gasteiger partial charge is 0.224 e. The van der Waals surface area contributed by atoms with Crippen molar-refractivity contribution < 1.29 is 24.2 Å². The van der Waals surface area contributed by atoms with Gasteiger partial charge < -0.3 is 35.8 Å². The van der Waals surface area contributed by atoms with Crippen molar-refractivity contribution in [2.45, 2.75) is 142 Å². The van der Waals surface area contributed by atoms with Gasteiger partial charge in [0, 0.05) is 37.1 Å². The molecule has 0 aliphatic carbocycles. The van der Waals surface area contributed by atoms with Gasteiger partial charge in [-0.3, -0.25) is 9.59 Å². The highest BCUT2D eigenvalue weighted by Gasteiger charge is 2.33. The number of benzene rings is 3. The van der Waals surface area contributed by atoms with Gasteiger partial charge in [0.2, 0.25) is 11.8 Å². The number of hydrogen-bond acceptors (Lipinski definition) is 7. The predicted molar refractivity (Wildman–Crippen MR) is 220 cm³/mol. The summed E-state index contributed by atoms with van der Waals surface area (Å²) in [5.74, 6) is -0.341. The number of hydrogen-bond donors (Lipinski definition) is 4. The van der Waals surface area contributed by atoms with E-state index >= 15 is 0 Å². The molecule has 0 radical (unpaired) electrons. The van der Waals surface area contributed by atoms with Gasteiger partial charge in [0.15, 0.2) is 6.29 Å². The Labute approximate surface area is 324 Å². The Morgan fingerprint density at radius 1 is 0.722 bits per heavy atom. The molecule has 1 saturated heterocycles. The number of rotatable bonds is 25. The van der Waals surface area contributed by atoms with Crippen LogP contribution in [0.15, 0.2) is 72.8 Å². The number of nitrogen functional groups attached to an aromatic ring is 1. The Hall–Kier alpha value is -3.76. The Kier molecular flexibility index (Phi) is 19.6. The van der Waals surface area contributed by atoms with Crippen LogP contribution in [0.25, 0.3) is 0 Å². The molecule has 54 heavy (non-hydrogen) atoms. The third-order valence-electron chi connectivity index (χ3n) is 10.2. The highest BCUT2D eigenvalue weighted by molar-refractivity contribution is 5.94. The molecule has 3 atom stereocenters. The zero-order chi connectivity index (χ0) is 38.4. The largest absolute Gasteiger partial charge is 0.397 e. The molecule has 9 heteroatoms. The summed E-state index contributed by atoms with van der Waals surface area (Å²) in [6, 6.07) is 22.8. The minimum atomic E-state index is -0.609. The standard InChI is InChI=1S/C45H66N4O5/c1-3-5-7-9-11-15-29-49(30-16-12-10-8-6-4-2)33-39-32-42(36-27-25-35(34-50)26-28-36)54-45(53-39)37-19-17-20-38(31-37)47-43(51)23-18-24-44(52)48-41-22-14-13-21-40(41)46/h13-14,17,19-22,25-28,31,39,42,45,50H,3-12,15-16,18,23-24,29-30,32-34,46H2,1-2H3,(H,47,51)(H,48,52)/t39-,42+,45+/m0/s1. The number of nitrogens with zero attached hydrogens (tertiary/aromatic N) is 1. The van der Waals surface area contributed by atoms with E-state index in [0.717, 1.165) is 42.7 Å². The summed E-state index contributed by atoms with van der Waals surface area (Å²) in [4.78, 5) is 28.0. The van der Waals surface area contributed by atoms with Crippen LogP contribution in [0.4, 0.5) is 17.1 Å². The number of aliphatic hydroxyl groups is 1. The second kappa shape index (κ2) is 24.6. The molecule has 3 aromatic carbocycles. The van der Waals surface area contributed by atoms with Crippen LogP contribution in [0.1, 0.15) is 146 Å². The van der Waals surface area contributed by atoms with E-state index in [1.165, 1.54) is 77.0 Å². The fraction of sp³-hybridized carbons (Fsp3) is 0.556. The van der Waals surface area contributed by atoms with Gasteiger partial charge in [0.25, 0.3) is 0 Å². The average molecular weight is 743 g/mol. The molecule has 296 valence electrons. The SMILES string of the molecule is CCCCCCCCN(CCCCCCCC)C[C@@H]1C[C@H](c2ccc(CO)cc2)O[C@H](c2cccc(NC(=O)CCCC(=O)Nc3ccccc3N)c2)O1. The number of ether oxygens (including phenoxy) is 2. The number of nitrogens with one attached hydrogen (secondary N) is 2. The minimum absolute atomic E-state index is 0.000532. The maximum absolute atomic E-state index is 12.9. The van der Waals surface area contributed by atoms with Gasteiger partial charge >= 0.3 is 0 Å². The van der Waals surface area contributed by atoms with Crippen molar-refractivity contribution >= 4 is 28.9 Å². The Bertz CT molecular complexity index is 1500. The molecule has 0 saturated carbocycles. The Morgan fingerprint density at radius 3 is 2.00 bits per heavy atom. The van der Waals surface area contributed by atoms with Crippen LogP contribution >= 0.6 is 0 Å². The van der Waals surface area contributed by atoms with E-state index in [2.05, 4.69) is 29.4 Å². The van der Waals surface area contributed by atoms with Gasteiger partial charge in [-0.05, 0) is 67.7 Å². The summed E-state index contributed by atoms with van der Waals surface area (Å²) in [5, 5.41) is 15.5. The van der Waals surface area contributed by atoms with Crippen LogP contribution in [0.2, 0.25) is 0 Å². The molecule has 9 nitrogen and oxygen atoms in total. The first-order chi connectivity index (χ1) is 26.4. The molecular formula is C45H66N4O5. The molecule has 4 rings (SSSR count). The van der Waals surface area contributed by atoms with Gasteiger partial charge in [0.1, 0.15) is 0 Å². The molecule has 2 amide bonds. The first-order valence-electron chi connectivity index (χ1n) is 20.7. The summed E-state index contributed by atoms with van der Waals surface area (Å²) in [6.07, 6.45) is 16.0. The quantitative estimate of drug-likeness (QED) is 0.0503. The lowest BCUT2D eigenvalue weighted by Crippen LogP contribution is -2.40. The number of carbonyl (C=O) groups excluding carboxylic acids is 2. The third kappa shape index (κ3) is 15.5. The average Bonchev–Trinajstić information content (AvgIpc) is 3.18. The second-order valence-corrected chi connectivity index (χ2v) is 14.8. The zero-order valence-electron chi connectivity index (χ0n) is 32.9. The Morgan fingerprint density at radius 2 is 1.35 bits per heavy atom. The summed E-state index contributed by atoms with van der Waals surface area (Å²) < 4.78 is 13.4. The van der Waals surface area contributed by atoms with E-state index in [9.17, 15) is 14.7 Å². The van der Waals surface area contributed by atoms with E-state index in [-0.39, 0.29) is 43.5 Å². The second-order valence-electron chi connectivity index (χ2n) is 14.8. The van der Waals surface area contributed by atoms with Crippen LogP contribution in [-0.2, 0) is 25.7 Å². The number of anilines is 3. The monoisotopic (exact) mass is 743 g/mol. The van der Waals surface area contributed by atoms with Gasteiger partial charge in [-0.25, -0.2) is 0 Å². The zero-order valence-corrected chi connectivity index (χ0v) is 32.9. The molecule has 0 unspecified atom stereocenters. The lowest BCUT2D eigenvalue weighted by atomic mass is 9.99. The van der Waals surface area contributed by atoms with Crippen molar-refractivity contribution in [3.8, 4) is 0 Å². The van der Waals surface area contributed by atoms with Gasteiger partial charge in [-0.1, -0.05) is 127 Å². The molecule has 1 aliphatic heterocycles. The maximum Gasteiger partial charge on any atom is 0.224 e. The minimum Gasteiger partial charge on any atom is -0.397 e. The maximum atomic E-state index is 12.9. The number of nitrogens with two attached hydrogens (primary N) is 1. The van der Waals surface area contributed by atoms with E-state index in [0.29, 0.717) is 23.5 Å². The molecule has 1 heterocycles. The molecule has 0 aromatic heterocycles. The van der Waals surface area contributed by atoms with Crippen molar-refractivity contribution in [3.63, 3.8) is 0 Å². The van der Waals surface area contributed by atoms with Crippen molar-refractivity contribution in [3.05, 3.63) is 89.5 Å². The summed E-state index contributed by atoms with van der Waals surface area (Å²) in [7, 11) is 0. The van der Waals surface area contributed by atoms with Crippen LogP contribution in [0, 0.1) is 0 Å². The number of carbonyl (C=O) groups is 2. The highest BCUT2D eigenvalue weighted by atomic mass is 16.7.